The van der Waals surface area contributed by atoms with E-state index in [1.807, 2.05) is 0 Å². The lowest BCUT2D eigenvalue weighted by atomic mass is 9.72. The van der Waals surface area contributed by atoms with Crippen LogP contribution in [0.4, 0.5) is 0 Å². The summed E-state index contributed by atoms with van der Waals surface area (Å²) in [4.78, 5) is 0. The maximum atomic E-state index is 6.45. The van der Waals surface area contributed by atoms with Crippen molar-refractivity contribution >= 4 is 0 Å². The monoisotopic (exact) mass is 352 g/mol. The van der Waals surface area contributed by atoms with Crippen LogP contribution in [0.5, 0.6) is 0 Å². The molecule has 4 atom stereocenters. The van der Waals surface area contributed by atoms with Gasteiger partial charge >= 0.3 is 0 Å². The van der Waals surface area contributed by atoms with Gasteiger partial charge in [-0.05, 0) is 42.9 Å². The summed E-state index contributed by atoms with van der Waals surface area (Å²) in [5.74, 6) is 1.75. The fourth-order valence-corrected chi connectivity index (χ4v) is 3.70. The van der Waals surface area contributed by atoms with Gasteiger partial charge in [0.05, 0.1) is 12.2 Å². The lowest BCUT2D eigenvalue weighted by molar-refractivity contribution is -0.141. The van der Waals surface area contributed by atoms with Crippen LogP contribution in [0.1, 0.15) is 87.0 Å². The third-order valence-electron chi connectivity index (χ3n) is 5.32. The molecule has 0 bridgehead atoms. The molecule has 0 aromatic rings. The Bertz CT molecular complexity index is 367. The van der Waals surface area contributed by atoms with Crippen molar-refractivity contribution in [3.05, 3.63) is 12.2 Å². The summed E-state index contributed by atoms with van der Waals surface area (Å²) < 4.78 is 12.9. The fraction of sp³-hybridized carbons (Fsp3) is 0.913. The second-order valence-electron chi connectivity index (χ2n) is 9.25. The number of rotatable bonds is 10. The van der Waals surface area contributed by atoms with Crippen LogP contribution < -0.4 is 0 Å². The van der Waals surface area contributed by atoms with E-state index in [1.54, 1.807) is 0 Å². The van der Waals surface area contributed by atoms with Crippen LogP contribution in [0.2, 0.25) is 0 Å². The summed E-state index contributed by atoms with van der Waals surface area (Å²) in [7, 11) is 0. The molecule has 0 heterocycles. The van der Waals surface area contributed by atoms with E-state index < -0.39 is 0 Å². The van der Waals surface area contributed by atoms with Gasteiger partial charge < -0.3 is 9.47 Å². The Kier molecular flexibility index (Phi) is 10.3. The Morgan fingerprint density at radius 1 is 0.920 bits per heavy atom. The Morgan fingerprint density at radius 2 is 1.48 bits per heavy atom. The second-order valence-corrected chi connectivity index (χ2v) is 9.25. The fourth-order valence-electron chi connectivity index (χ4n) is 3.70. The first-order chi connectivity index (χ1) is 11.8. The molecule has 1 aliphatic rings. The van der Waals surface area contributed by atoms with Crippen LogP contribution in [-0.4, -0.2) is 25.4 Å². The molecule has 25 heavy (non-hydrogen) atoms. The molecule has 1 saturated carbocycles. The van der Waals surface area contributed by atoms with Crippen molar-refractivity contribution in [3.8, 4) is 0 Å². The molecule has 0 amide bonds. The molecule has 1 rings (SSSR count). The average molecular weight is 353 g/mol. The van der Waals surface area contributed by atoms with Gasteiger partial charge in [0, 0.05) is 19.1 Å². The summed E-state index contributed by atoms with van der Waals surface area (Å²) in [5, 5.41) is 0. The van der Waals surface area contributed by atoms with E-state index in [4.69, 9.17) is 9.47 Å². The van der Waals surface area contributed by atoms with Gasteiger partial charge in [0.2, 0.25) is 0 Å². The first-order valence-corrected chi connectivity index (χ1v) is 10.7. The largest absolute Gasteiger partial charge is 0.375 e. The van der Waals surface area contributed by atoms with E-state index in [2.05, 4.69) is 60.6 Å². The van der Waals surface area contributed by atoms with Crippen LogP contribution in [0.15, 0.2) is 12.2 Å². The zero-order chi connectivity index (χ0) is 18.9. The highest BCUT2D eigenvalue weighted by molar-refractivity contribution is 5.03. The van der Waals surface area contributed by atoms with Gasteiger partial charge in [0.15, 0.2) is 0 Å². The number of unbranched alkanes of at least 4 members (excludes halogenated alkanes) is 2. The van der Waals surface area contributed by atoms with Gasteiger partial charge in [0.1, 0.15) is 0 Å². The molecule has 1 fully saturated rings. The molecule has 1 aliphatic carbocycles. The molecular weight excluding hydrogens is 308 g/mol. The maximum Gasteiger partial charge on any atom is 0.0901 e. The van der Waals surface area contributed by atoms with E-state index in [0.717, 1.165) is 26.1 Å². The molecule has 4 unspecified atom stereocenters. The predicted octanol–water partition coefficient (Wildman–Crippen LogP) is 6.64. The smallest absolute Gasteiger partial charge is 0.0901 e. The highest BCUT2D eigenvalue weighted by Crippen LogP contribution is 2.39. The van der Waals surface area contributed by atoms with Crippen molar-refractivity contribution in [2.75, 3.05) is 13.2 Å². The zero-order valence-electron chi connectivity index (χ0n) is 18.0. The van der Waals surface area contributed by atoms with Crippen molar-refractivity contribution in [2.45, 2.75) is 99.2 Å². The Morgan fingerprint density at radius 3 is 1.96 bits per heavy atom. The van der Waals surface area contributed by atoms with Crippen LogP contribution >= 0.6 is 0 Å². The van der Waals surface area contributed by atoms with Crippen LogP contribution in [0, 0.1) is 23.2 Å². The van der Waals surface area contributed by atoms with Crippen LogP contribution in [-0.2, 0) is 9.47 Å². The molecule has 0 aromatic heterocycles. The normalized spacial score (nSPS) is 28.2. The maximum absolute atomic E-state index is 6.45. The molecule has 148 valence electrons. The van der Waals surface area contributed by atoms with Gasteiger partial charge in [0.25, 0.3) is 0 Å². The van der Waals surface area contributed by atoms with Gasteiger partial charge in [-0.2, -0.15) is 0 Å². The molecule has 0 aromatic carbocycles. The highest BCUT2D eigenvalue weighted by Gasteiger charge is 2.41. The Balaban J connectivity index is 2.93. The molecule has 0 spiro atoms. The summed E-state index contributed by atoms with van der Waals surface area (Å²) in [6.45, 7) is 17.7. The van der Waals surface area contributed by atoms with Crippen molar-refractivity contribution < 1.29 is 9.47 Å². The summed E-state index contributed by atoms with van der Waals surface area (Å²) in [6, 6.07) is 0. The van der Waals surface area contributed by atoms with Gasteiger partial charge in [-0.25, -0.2) is 0 Å². The van der Waals surface area contributed by atoms with E-state index >= 15 is 0 Å². The highest BCUT2D eigenvalue weighted by atomic mass is 16.5. The van der Waals surface area contributed by atoms with E-state index in [9.17, 15) is 0 Å². The Hall–Kier alpha value is -0.340. The molecule has 0 saturated heterocycles. The molecule has 2 nitrogen and oxygen atoms in total. The van der Waals surface area contributed by atoms with Gasteiger partial charge in [-0.15, -0.1) is 0 Å². The molecule has 0 aliphatic heterocycles. The third-order valence-corrected chi connectivity index (χ3v) is 5.32. The number of allylic oxidation sites excluding steroid dienone is 1. The topological polar surface area (TPSA) is 18.5 Å². The summed E-state index contributed by atoms with van der Waals surface area (Å²) in [6.07, 6.45) is 12.4. The van der Waals surface area contributed by atoms with E-state index in [0.29, 0.717) is 17.8 Å². The van der Waals surface area contributed by atoms with Crippen LogP contribution in [0.25, 0.3) is 0 Å². The lowest BCUT2D eigenvalue weighted by Crippen LogP contribution is -2.48. The average Bonchev–Trinajstić information content (AvgIpc) is 2.53. The molecule has 2 heteroatoms. The van der Waals surface area contributed by atoms with Crippen molar-refractivity contribution in [3.63, 3.8) is 0 Å². The first-order valence-electron chi connectivity index (χ1n) is 10.7. The van der Waals surface area contributed by atoms with E-state index in [-0.39, 0.29) is 17.6 Å². The standard InChI is InChI=1S/C23H44O2/c1-8-10-16-24-21-19(14-15-23(5,6)7)12-13-20(18(3)4)22(21)25-17-11-9-2/h14-15,18-22H,8-13,16-17H2,1-7H3/b15-14+. The number of ether oxygens (including phenoxy) is 2. The predicted molar refractivity (Wildman–Crippen MR) is 109 cm³/mol. The minimum absolute atomic E-state index is 0.211. The minimum atomic E-state index is 0.211. The Labute approximate surface area is 157 Å². The van der Waals surface area contributed by atoms with Crippen molar-refractivity contribution in [2.24, 2.45) is 23.2 Å². The zero-order valence-corrected chi connectivity index (χ0v) is 18.0. The van der Waals surface area contributed by atoms with E-state index in [1.165, 1.54) is 25.7 Å². The van der Waals surface area contributed by atoms with Crippen LogP contribution in [0.3, 0.4) is 0 Å². The second kappa shape index (κ2) is 11.4. The quantitative estimate of drug-likeness (QED) is 0.324. The third kappa shape index (κ3) is 8.26. The summed E-state index contributed by atoms with van der Waals surface area (Å²) >= 11 is 0. The minimum Gasteiger partial charge on any atom is -0.375 e. The molecular formula is C23H44O2. The SMILES string of the molecule is CCCCOC1C(/C=C/C(C)(C)C)CCC(C(C)C)C1OCCCC. The molecule has 0 radical (unpaired) electrons. The van der Waals surface area contributed by atoms with Crippen molar-refractivity contribution in [1.82, 2.24) is 0 Å². The van der Waals surface area contributed by atoms with Crippen molar-refractivity contribution in [1.29, 1.82) is 0 Å². The summed E-state index contributed by atoms with van der Waals surface area (Å²) in [5.41, 5.74) is 0.224. The van der Waals surface area contributed by atoms with Gasteiger partial charge in [-0.1, -0.05) is 73.5 Å². The first kappa shape index (κ1) is 22.7. The number of hydrogen-bond acceptors (Lipinski definition) is 2. The molecule has 0 N–H and O–H groups in total. The van der Waals surface area contributed by atoms with Gasteiger partial charge in [-0.3, -0.25) is 0 Å². The number of hydrogen-bond donors (Lipinski definition) is 0. The lowest BCUT2D eigenvalue weighted by Gasteiger charge is -2.43.